The number of hydrogen-bond acceptors (Lipinski definition) is 4. The van der Waals surface area contributed by atoms with E-state index < -0.39 is 4.92 Å². The van der Waals surface area contributed by atoms with Gasteiger partial charge in [0.2, 0.25) is 5.91 Å². The molecule has 18 heavy (non-hydrogen) atoms. The van der Waals surface area contributed by atoms with Crippen LogP contribution in [-0.4, -0.2) is 16.9 Å². The van der Waals surface area contributed by atoms with Crippen molar-refractivity contribution in [3.05, 3.63) is 33.9 Å². The number of nitrogens with one attached hydrogen (secondary N) is 1. The molecular weight excluding hydrogens is 234 g/mol. The summed E-state index contributed by atoms with van der Waals surface area (Å²) in [6.45, 7) is 3.57. The molecule has 0 aliphatic rings. The van der Waals surface area contributed by atoms with Crippen molar-refractivity contribution >= 4 is 17.3 Å². The first kappa shape index (κ1) is 14.1. The number of amides is 1. The summed E-state index contributed by atoms with van der Waals surface area (Å²) in [5, 5.41) is 13.4. The predicted molar refractivity (Wildman–Crippen MR) is 69.3 cm³/mol. The van der Waals surface area contributed by atoms with Gasteiger partial charge in [-0.3, -0.25) is 14.9 Å². The predicted octanol–water partition coefficient (Wildman–Crippen LogP) is 1.97. The van der Waals surface area contributed by atoms with Crippen molar-refractivity contribution < 1.29 is 9.72 Å². The molecule has 1 aromatic carbocycles. The maximum absolute atomic E-state index is 11.6. The summed E-state index contributed by atoms with van der Waals surface area (Å²) in [5.74, 6) is -0.265. The van der Waals surface area contributed by atoms with Crippen molar-refractivity contribution in [3.63, 3.8) is 0 Å². The van der Waals surface area contributed by atoms with E-state index in [-0.39, 0.29) is 29.7 Å². The normalized spacial score (nSPS) is 11.9. The van der Waals surface area contributed by atoms with E-state index in [4.69, 9.17) is 5.73 Å². The van der Waals surface area contributed by atoms with Gasteiger partial charge in [0, 0.05) is 18.5 Å². The molecule has 0 aromatic heterocycles. The molecule has 0 bridgehead atoms. The van der Waals surface area contributed by atoms with Gasteiger partial charge in [-0.1, -0.05) is 6.07 Å². The van der Waals surface area contributed by atoms with Gasteiger partial charge in [0.15, 0.2) is 0 Å². The third kappa shape index (κ3) is 4.14. The Morgan fingerprint density at radius 3 is 2.78 bits per heavy atom. The summed E-state index contributed by atoms with van der Waals surface area (Å²) >= 11 is 0. The van der Waals surface area contributed by atoms with Crippen LogP contribution in [0, 0.1) is 17.0 Å². The largest absolute Gasteiger partial charge is 0.328 e. The molecule has 0 radical (unpaired) electrons. The molecule has 0 saturated heterocycles. The van der Waals surface area contributed by atoms with Gasteiger partial charge in [-0.05, 0) is 31.9 Å². The first-order valence-corrected chi connectivity index (χ1v) is 5.70. The lowest BCUT2D eigenvalue weighted by Crippen LogP contribution is -2.19. The zero-order chi connectivity index (χ0) is 13.7. The molecule has 1 rings (SSSR count). The van der Waals surface area contributed by atoms with Gasteiger partial charge in [-0.15, -0.1) is 0 Å². The number of nitrogens with two attached hydrogens (primary N) is 1. The summed E-state index contributed by atoms with van der Waals surface area (Å²) in [7, 11) is 0. The highest BCUT2D eigenvalue weighted by atomic mass is 16.6. The number of rotatable bonds is 5. The van der Waals surface area contributed by atoms with Gasteiger partial charge in [-0.2, -0.15) is 0 Å². The summed E-state index contributed by atoms with van der Waals surface area (Å²) in [6, 6.07) is 4.62. The van der Waals surface area contributed by atoms with Crippen molar-refractivity contribution in [1.82, 2.24) is 0 Å². The lowest BCUT2D eigenvalue weighted by Gasteiger charge is -2.07. The topological polar surface area (TPSA) is 98.3 Å². The Kier molecular flexibility index (Phi) is 4.79. The van der Waals surface area contributed by atoms with E-state index in [0.717, 1.165) is 5.56 Å². The van der Waals surface area contributed by atoms with Gasteiger partial charge in [-0.25, -0.2) is 0 Å². The van der Waals surface area contributed by atoms with Crippen LogP contribution >= 0.6 is 0 Å². The fraction of sp³-hybridized carbons (Fsp3) is 0.417. The fourth-order valence-corrected chi connectivity index (χ4v) is 1.47. The molecule has 6 heteroatoms. The monoisotopic (exact) mass is 251 g/mol. The molecule has 6 nitrogen and oxygen atoms in total. The minimum Gasteiger partial charge on any atom is -0.328 e. The van der Waals surface area contributed by atoms with Crippen molar-refractivity contribution in [1.29, 1.82) is 0 Å². The van der Waals surface area contributed by atoms with E-state index >= 15 is 0 Å². The summed E-state index contributed by atoms with van der Waals surface area (Å²) in [5.41, 5.74) is 6.45. The van der Waals surface area contributed by atoms with Crippen molar-refractivity contribution in [2.45, 2.75) is 32.7 Å². The van der Waals surface area contributed by atoms with Crippen LogP contribution in [0.2, 0.25) is 0 Å². The Morgan fingerprint density at radius 1 is 1.56 bits per heavy atom. The molecule has 1 atom stereocenters. The number of aryl methyl sites for hydroxylation is 1. The first-order valence-electron chi connectivity index (χ1n) is 5.70. The summed E-state index contributed by atoms with van der Waals surface area (Å²) < 4.78 is 0. The summed E-state index contributed by atoms with van der Waals surface area (Å²) in [4.78, 5) is 21.9. The number of nitro benzene ring substituents is 1. The second-order valence-corrected chi connectivity index (χ2v) is 4.34. The van der Waals surface area contributed by atoms with E-state index in [1.807, 2.05) is 6.92 Å². The maximum Gasteiger partial charge on any atom is 0.293 e. The SMILES string of the molecule is Cc1ccc(NC(=O)CCC(C)N)c([N+](=O)[O-])c1. The molecule has 0 aliphatic carbocycles. The van der Waals surface area contributed by atoms with Gasteiger partial charge < -0.3 is 11.1 Å². The Labute approximate surface area is 105 Å². The quantitative estimate of drug-likeness (QED) is 0.617. The number of nitro groups is 1. The zero-order valence-corrected chi connectivity index (χ0v) is 10.5. The van der Waals surface area contributed by atoms with Gasteiger partial charge >= 0.3 is 0 Å². The van der Waals surface area contributed by atoms with E-state index in [1.165, 1.54) is 12.1 Å². The molecule has 1 unspecified atom stereocenters. The average Bonchev–Trinajstić information content (AvgIpc) is 2.28. The zero-order valence-electron chi connectivity index (χ0n) is 10.5. The second kappa shape index (κ2) is 6.11. The number of anilines is 1. The molecule has 3 N–H and O–H groups in total. The van der Waals surface area contributed by atoms with Crippen molar-refractivity contribution in [3.8, 4) is 0 Å². The molecule has 0 spiro atoms. The van der Waals surface area contributed by atoms with Crippen molar-refractivity contribution in [2.75, 3.05) is 5.32 Å². The minimum atomic E-state index is -0.506. The van der Waals surface area contributed by atoms with Gasteiger partial charge in [0.1, 0.15) is 5.69 Å². The Morgan fingerprint density at radius 2 is 2.22 bits per heavy atom. The van der Waals surface area contributed by atoms with Crippen LogP contribution in [0.3, 0.4) is 0 Å². The van der Waals surface area contributed by atoms with Gasteiger partial charge in [0.25, 0.3) is 5.69 Å². The third-order valence-corrected chi connectivity index (χ3v) is 2.45. The molecule has 1 aromatic rings. The fourth-order valence-electron chi connectivity index (χ4n) is 1.47. The number of benzene rings is 1. The Balaban J connectivity index is 2.78. The van der Waals surface area contributed by atoms with Crippen LogP contribution in [0.25, 0.3) is 0 Å². The number of nitrogens with zero attached hydrogens (tertiary/aromatic N) is 1. The smallest absolute Gasteiger partial charge is 0.293 e. The lowest BCUT2D eigenvalue weighted by molar-refractivity contribution is -0.384. The maximum atomic E-state index is 11.6. The average molecular weight is 251 g/mol. The highest BCUT2D eigenvalue weighted by Gasteiger charge is 2.15. The van der Waals surface area contributed by atoms with Crippen LogP contribution in [0.5, 0.6) is 0 Å². The molecule has 0 saturated carbocycles. The van der Waals surface area contributed by atoms with E-state index in [2.05, 4.69) is 5.32 Å². The molecule has 98 valence electrons. The molecule has 1 amide bonds. The minimum absolute atomic E-state index is 0.0660. The van der Waals surface area contributed by atoms with E-state index in [0.29, 0.717) is 6.42 Å². The van der Waals surface area contributed by atoms with Crippen LogP contribution in [0.1, 0.15) is 25.3 Å². The molecule has 0 aliphatic heterocycles. The van der Waals surface area contributed by atoms with E-state index in [1.54, 1.807) is 13.0 Å². The summed E-state index contributed by atoms with van der Waals surface area (Å²) in [6.07, 6.45) is 0.800. The van der Waals surface area contributed by atoms with Crippen molar-refractivity contribution in [2.24, 2.45) is 5.73 Å². The third-order valence-electron chi connectivity index (χ3n) is 2.45. The standard InChI is InChI=1S/C12H17N3O3/c1-8-3-5-10(11(7-8)15(17)18)14-12(16)6-4-9(2)13/h3,5,7,9H,4,6,13H2,1-2H3,(H,14,16). The highest BCUT2D eigenvalue weighted by molar-refractivity contribution is 5.93. The Hall–Kier alpha value is -1.95. The first-order chi connectivity index (χ1) is 8.40. The highest BCUT2D eigenvalue weighted by Crippen LogP contribution is 2.25. The Bertz CT molecular complexity index is 458. The van der Waals surface area contributed by atoms with Crippen LogP contribution in [-0.2, 0) is 4.79 Å². The second-order valence-electron chi connectivity index (χ2n) is 4.34. The van der Waals surface area contributed by atoms with Crippen LogP contribution in [0.15, 0.2) is 18.2 Å². The lowest BCUT2D eigenvalue weighted by atomic mass is 10.1. The van der Waals surface area contributed by atoms with Crippen LogP contribution in [0.4, 0.5) is 11.4 Å². The molecule has 0 heterocycles. The van der Waals surface area contributed by atoms with Gasteiger partial charge in [0.05, 0.1) is 4.92 Å². The number of carbonyl (C=O) groups is 1. The molecule has 0 fully saturated rings. The number of carbonyl (C=O) groups excluding carboxylic acids is 1. The molecular formula is C12H17N3O3. The van der Waals surface area contributed by atoms with E-state index in [9.17, 15) is 14.9 Å². The number of hydrogen-bond donors (Lipinski definition) is 2. The van der Waals surface area contributed by atoms with Crippen LogP contribution < -0.4 is 11.1 Å².